The van der Waals surface area contributed by atoms with Crippen molar-refractivity contribution in [1.82, 2.24) is 9.88 Å². The van der Waals surface area contributed by atoms with Crippen molar-refractivity contribution in [1.29, 1.82) is 0 Å². The molecule has 0 aliphatic heterocycles. The van der Waals surface area contributed by atoms with Gasteiger partial charge in [-0.2, -0.15) is 0 Å². The lowest BCUT2D eigenvalue weighted by Gasteiger charge is -2.15. The van der Waals surface area contributed by atoms with E-state index in [4.69, 9.17) is 4.74 Å². The molecule has 0 atom stereocenters. The lowest BCUT2D eigenvalue weighted by Crippen LogP contribution is -2.24. The topological polar surface area (TPSA) is 37.4 Å². The zero-order valence-corrected chi connectivity index (χ0v) is 13.7. The van der Waals surface area contributed by atoms with Gasteiger partial charge in [0.2, 0.25) is 0 Å². The lowest BCUT2D eigenvalue weighted by atomic mass is 10.2. The molecule has 0 fully saturated rings. The summed E-state index contributed by atoms with van der Waals surface area (Å²) < 4.78 is 5.77. The number of thiazole rings is 1. The van der Waals surface area contributed by atoms with Crippen LogP contribution < -0.4 is 10.1 Å². The Morgan fingerprint density at radius 1 is 1.29 bits per heavy atom. The van der Waals surface area contributed by atoms with Gasteiger partial charge in [0.05, 0.1) is 5.69 Å². The smallest absolute Gasteiger partial charge is 0.182 e. The minimum Gasteiger partial charge on any atom is -0.492 e. The maximum atomic E-state index is 5.77. The Labute approximate surface area is 130 Å². The van der Waals surface area contributed by atoms with E-state index in [1.54, 1.807) is 11.3 Å². The summed E-state index contributed by atoms with van der Waals surface area (Å²) in [5, 5.41) is 6.11. The van der Waals surface area contributed by atoms with E-state index in [0.29, 0.717) is 6.61 Å². The van der Waals surface area contributed by atoms with Crippen LogP contribution in [-0.2, 0) is 13.0 Å². The Kier molecular flexibility index (Phi) is 6.02. The maximum absolute atomic E-state index is 5.77. The molecule has 0 saturated heterocycles. The highest BCUT2D eigenvalue weighted by Gasteiger charge is 2.05. The molecule has 114 valence electrons. The number of likely N-dealkylation sites (N-methyl/N-ethyl adjacent to an activating group) is 1. The van der Waals surface area contributed by atoms with Crippen molar-refractivity contribution in [3.8, 4) is 5.75 Å². The van der Waals surface area contributed by atoms with Crippen LogP contribution in [0.5, 0.6) is 5.75 Å². The number of benzene rings is 1. The molecule has 0 aliphatic carbocycles. The molecular formula is C16H23N3OS. The molecule has 1 aromatic heterocycles. The molecule has 2 rings (SSSR count). The number of nitrogens with zero attached hydrogens (tertiary/aromatic N) is 2. The molecule has 0 spiro atoms. The van der Waals surface area contributed by atoms with E-state index in [-0.39, 0.29) is 0 Å². The van der Waals surface area contributed by atoms with E-state index in [1.165, 1.54) is 5.56 Å². The number of aryl methyl sites for hydroxylation is 1. The van der Waals surface area contributed by atoms with Gasteiger partial charge in [0, 0.05) is 25.5 Å². The van der Waals surface area contributed by atoms with Gasteiger partial charge in [-0.3, -0.25) is 4.90 Å². The van der Waals surface area contributed by atoms with Crippen LogP contribution in [-0.4, -0.2) is 37.1 Å². The van der Waals surface area contributed by atoms with E-state index in [1.807, 2.05) is 19.2 Å². The minimum absolute atomic E-state index is 0.686. The molecule has 1 aromatic carbocycles. The highest BCUT2D eigenvalue weighted by atomic mass is 32.1. The average molecular weight is 305 g/mol. The van der Waals surface area contributed by atoms with Crippen LogP contribution in [0.2, 0.25) is 0 Å². The van der Waals surface area contributed by atoms with Crippen molar-refractivity contribution < 1.29 is 4.74 Å². The number of ether oxygens (including phenoxy) is 1. The predicted octanol–water partition coefficient (Wildman–Crippen LogP) is 3.26. The van der Waals surface area contributed by atoms with Gasteiger partial charge in [-0.1, -0.05) is 19.1 Å². The second kappa shape index (κ2) is 8.00. The number of hydrogen-bond donors (Lipinski definition) is 1. The summed E-state index contributed by atoms with van der Waals surface area (Å²) in [5.41, 5.74) is 2.43. The van der Waals surface area contributed by atoms with Crippen LogP contribution in [0, 0.1) is 0 Å². The van der Waals surface area contributed by atoms with Crippen molar-refractivity contribution in [2.75, 3.05) is 32.6 Å². The summed E-state index contributed by atoms with van der Waals surface area (Å²) in [6, 6.07) is 8.32. The standard InChI is InChI=1S/C16H23N3OS/c1-4-13-5-7-15(8-6-13)20-10-9-19(3)11-14-12-21-16(17-2)18-14/h5-8,12H,4,9-11H2,1-3H3,(H,17,18). The summed E-state index contributed by atoms with van der Waals surface area (Å²) in [6.45, 7) is 4.56. The fourth-order valence-corrected chi connectivity index (χ4v) is 2.65. The highest BCUT2D eigenvalue weighted by Crippen LogP contribution is 2.16. The fourth-order valence-electron chi connectivity index (χ4n) is 1.99. The van der Waals surface area contributed by atoms with Crippen molar-refractivity contribution >= 4 is 16.5 Å². The minimum atomic E-state index is 0.686. The van der Waals surface area contributed by atoms with Crippen LogP contribution in [0.4, 0.5) is 5.13 Å². The van der Waals surface area contributed by atoms with Gasteiger partial charge >= 0.3 is 0 Å². The van der Waals surface area contributed by atoms with Gasteiger partial charge in [-0.25, -0.2) is 4.98 Å². The van der Waals surface area contributed by atoms with Crippen LogP contribution in [0.3, 0.4) is 0 Å². The maximum Gasteiger partial charge on any atom is 0.182 e. The predicted molar refractivity (Wildman–Crippen MR) is 89.3 cm³/mol. The molecule has 0 saturated carbocycles. The Bertz CT molecular complexity index is 539. The molecule has 0 bridgehead atoms. The van der Waals surface area contributed by atoms with Gasteiger partial charge in [-0.15, -0.1) is 11.3 Å². The first kappa shape index (κ1) is 15.8. The monoisotopic (exact) mass is 305 g/mol. The first-order valence-corrected chi connectivity index (χ1v) is 8.11. The van der Waals surface area contributed by atoms with Crippen molar-refractivity contribution in [3.63, 3.8) is 0 Å². The Morgan fingerprint density at radius 2 is 2.05 bits per heavy atom. The van der Waals surface area contributed by atoms with Gasteiger partial charge in [0.1, 0.15) is 12.4 Å². The van der Waals surface area contributed by atoms with E-state index in [0.717, 1.165) is 36.1 Å². The lowest BCUT2D eigenvalue weighted by molar-refractivity contribution is 0.231. The van der Waals surface area contributed by atoms with Crippen LogP contribution in [0.15, 0.2) is 29.6 Å². The summed E-state index contributed by atoms with van der Waals surface area (Å²) in [6.07, 6.45) is 1.06. The molecule has 21 heavy (non-hydrogen) atoms. The van der Waals surface area contributed by atoms with E-state index in [9.17, 15) is 0 Å². The Hall–Kier alpha value is -1.59. The second-order valence-electron chi connectivity index (χ2n) is 4.98. The SMILES string of the molecule is CCc1ccc(OCCN(C)Cc2csc(NC)n2)cc1. The first-order valence-electron chi connectivity index (χ1n) is 7.23. The molecule has 2 aromatic rings. The molecule has 5 heteroatoms. The Balaban J connectivity index is 1.71. The summed E-state index contributed by atoms with van der Waals surface area (Å²) in [7, 11) is 3.98. The number of rotatable bonds is 8. The summed E-state index contributed by atoms with van der Waals surface area (Å²) >= 11 is 1.64. The average Bonchev–Trinajstić information content (AvgIpc) is 2.95. The molecular weight excluding hydrogens is 282 g/mol. The molecule has 0 radical (unpaired) electrons. The zero-order valence-electron chi connectivity index (χ0n) is 12.9. The van der Waals surface area contributed by atoms with Gasteiger partial charge in [-0.05, 0) is 31.2 Å². The number of nitrogens with one attached hydrogen (secondary N) is 1. The zero-order chi connectivity index (χ0) is 15.1. The Morgan fingerprint density at radius 3 is 2.67 bits per heavy atom. The molecule has 0 unspecified atom stereocenters. The summed E-state index contributed by atoms with van der Waals surface area (Å²) in [4.78, 5) is 6.70. The molecule has 1 heterocycles. The third-order valence-electron chi connectivity index (χ3n) is 3.27. The quantitative estimate of drug-likeness (QED) is 0.812. The van der Waals surface area contributed by atoms with Crippen molar-refractivity contribution in [2.24, 2.45) is 0 Å². The number of anilines is 1. The largest absolute Gasteiger partial charge is 0.492 e. The molecule has 4 nitrogen and oxygen atoms in total. The third-order valence-corrected chi connectivity index (χ3v) is 4.18. The number of hydrogen-bond acceptors (Lipinski definition) is 5. The van der Waals surface area contributed by atoms with E-state index >= 15 is 0 Å². The molecule has 1 N–H and O–H groups in total. The second-order valence-corrected chi connectivity index (χ2v) is 5.84. The van der Waals surface area contributed by atoms with Crippen molar-refractivity contribution in [3.05, 3.63) is 40.9 Å². The third kappa shape index (κ3) is 5.02. The van der Waals surface area contributed by atoms with E-state index < -0.39 is 0 Å². The molecule has 0 aliphatic rings. The first-order chi connectivity index (χ1) is 10.2. The molecule has 0 amide bonds. The van der Waals surface area contributed by atoms with Crippen LogP contribution in [0.25, 0.3) is 0 Å². The van der Waals surface area contributed by atoms with E-state index in [2.05, 4.69) is 46.7 Å². The van der Waals surface area contributed by atoms with Gasteiger partial charge in [0.15, 0.2) is 5.13 Å². The van der Waals surface area contributed by atoms with Crippen LogP contribution in [0.1, 0.15) is 18.2 Å². The van der Waals surface area contributed by atoms with Crippen LogP contribution >= 0.6 is 11.3 Å². The van der Waals surface area contributed by atoms with Gasteiger partial charge < -0.3 is 10.1 Å². The fraction of sp³-hybridized carbons (Fsp3) is 0.438. The highest BCUT2D eigenvalue weighted by molar-refractivity contribution is 7.13. The van der Waals surface area contributed by atoms with Gasteiger partial charge in [0.25, 0.3) is 0 Å². The number of aromatic nitrogens is 1. The normalized spacial score (nSPS) is 10.9. The summed E-state index contributed by atoms with van der Waals surface area (Å²) in [5.74, 6) is 0.937. The van der Waals surface area contributed by atoms with Crippen molar-refractivity contribution in [2.45, 2.75) is 19.9 Å².